The van der Waals surface area contributed by atoms with Crippen LogP contribution >= 0.6 is 11.6 Å². The third-order valence-corrected chi connectivity index (χ3v) is 2.48. The first kappa shape index (κ1) is 10.7. The number of halogens is 1. The summed E-state index contributed by atoms with van der Waals surface area (Å²) in [6, 6.07) is 15.2. The number of hydrogen-bond acceptors (Lipinski definition) is 1. The van der Waals surface area contributed by atoms with Crippen LogP contribution in [0.1, 0.15) is 0 Å². The number of benzene rings is 2. The normalized spacial score (nSPS) is 9.81. The molecule has 0 aliphatic rings. The summed E-state index contributed by atoms with van der Waals surface area (Å²) < 4.78 is 0. The quantitative estimate of drug-likeness (QED) is 0.804. The van der Waals surface area contributed by atoms with E-state index in [1.165, 1.54) is 0 Å². The van der Waals surface area contributed by atoms with Crippen LogP contribution < -0.4 is 5.32 Å². The Morgan fingerprint density at radius 2 is 1.69 bits per heavy atom. The predicted octanol–water partition coefficient (Wildman–Crippen LogP) is 3.58. The Bertz CT molecular complexity index is 511. The van der Waals surface area contributed by atoms with Crippen LogP contribution in [-0.2, 0) is 4.79 Å². The van der Waals surface area contributed by atoms with Gasteiger partial charge in [0.25, 0.3) is 0 Å². The van der Waals surface area contributed by atoms with Gasteiger partial charge in [-0.05, 0) is 35.4 Å². The van der Waals surface area contributed by atoms with E-state index in [-0.39, 0.29) is 0 Å². The average molecular weight is 232 g/mol. The third-order valence-electron chi connectivity index (χ3n) is 2.25. The molecule has 2 aromatic rings. The van der Waals surface area contributed by atoms with Crippen molar-refractivity contribution < 1.29 is 4.79 Å². The van der Waals surface area contributed by atoms with E-state index in [0.29, 0.717) is 11.4 Å². The van der Waals surface area contributed by atoms with Crippen LogP contribution in [0.15, 0.2) is 48.5 Å². The number of rotatable bonds is 3. The van der Waals surface area contributed by atoms with E-state index in [1.54, 1.807) is 0 Å². The Kier molecular flexibility index (Phi) is 3.22. The highest BCUT2D eigenvalue weighted by atomic mass is 35.5. The van der Waals surface area contributed by atoms with Crippen molar-refractivity contribution >= 4 is 23.7 Å². The van der Waals surface area contributed by atoms with E-state index in [9.17, 15) is 4.79 Å². The van der Waals surface area contributed by atoms with Crippen LogP contribution in [0.2, 0.25) is 5.02 Å². The van der Waals surface area contributed by atoms with Gasteiger partial charge in [0.2, 0.25) is 6.41 Å². The molecule has 0 aromatic heterocycles. The monoisotopic (exact) mass is 231 g/mol. The van der Waals surface area contributed by atoms with Crippen LogP contribution in [0.4, 0.5) is 5.69 Å². The molecule has 0 saturated carbocycles. The van der Waals surface area contributed by atoms with E-state index in [4.69, 9.17) is 11.6 Å². The minimum absolute atomic E-state index is 0.664. The second-order valence-electron chi connectivity index (χ2n) is 3.35. The zero-order valence-electron chi connectivity index (χ0n) is 8.48. The van der Waals surface area contributed by atoms with Crippen LogP contribution in [0.25, 0.3) is 11.1 Å². The molecule has 0 aliphatic carbocycles. The minimum atomic E-state index is 0.664. The largest absolute Gasteiger partial charge is 0.329 e. The first-order valence-electron chi connectivity index (χ1n) is 4.86. The molecule has 0 atom stereocenters. The van der Waals surface area contributed by atoms with Gasteiger partial charge in [0.1, 0.15) is 0 Å². The molecule has 2 rings (SSSR count). The summed E-state index contributed by atoms with van der Waals surface area (Å²) >= 11 is 5.92. The molecule has 0 saturated heterocycles. The molecule has 1 amide bonds. The molecule has 1 N–H and O–H groups in total. The lowest BCUT2D eigenvalue weighted by atomic mass is 10.1. The van der Waals surface area contributed by atoms with Gasteiger partial charge in [-0.3, -0.25) is 4.79 Å². The van der Waals surface area contributed by atoms with Crippen molar-refractivity contribution in [2.45, 2.75) is 0 Å². The lowest BCUT2D eigenvalue weighted by molar-refractivity contribution is -0.105. The van der Waals surface area contributed by atoms with Gasteiger partial charge in [-0.2, -0.15) is 0 Å². The van der Waals surface area contributed by atoms with Crippen molar-refractivity contribution in [3.8, 4) is 11.1 Å². The lowest BCUT2D eigenvalue weighted by Crippen LogP contribution is -1.93. The Balaban J connectivity index is 2.40. The molecule has 0 fully saturated rings. The maximum absolute atomic E-state index is 10.3. The maximum atomic E-state index is 10.3. The van der Waals surface area contributed by atoms with Crippen LogP contribution in [0.3, 0.4) is 0 Å². The van der Waals surface area contributed by atoms with Crippen molar-refractivity contribution in [1.82, 2.24) is 0 Å². The minimum Gasteiger partial charge on any atom is -0.329 e. The van der Waals surface area contributed by atoms with Crippen LogP contribution in [-0.4, -0.2) is 6.41 Å². The van der Waals surface area contributed by atoms with Crippen molar-refractivity contribution in [3.63, 3.8) is 0 Å². The number of nitrogens with one attached hydrogen (secondary N) is 1. The lowest BCUT2D eigenvalue weighted by Gasteiger charge is -2.04. The number of carbonyl (C=O) groups excluding carboxylic acids is 1. The molecule has 16 heavy (non-hydrogen) atoms. The van der Waals surface area contributed by atoms with Gasteiger partial charge < -0.3 is 5.32 Å². The number of hydrogen-bond donors (Lipinski definition) is 1. The van der Waals surface area contributed by atoms with Gasteiger partial charge in [-0.1, -0.05) is 35.9 Å². The van der Waals surface area contributed by atoms with E-state index < -0.39 is 0 Å². The van der Waals surface area contributed by atoms with Gasteiger partial charge in [0, 0.05) is 10.7 Å². The Morgan fingerprint density at radius 1 is 1.00 bits per heavy atom. The van der Waals surface area contributed by atoms with E-state index >= 15 is 0 Å². The highest BCUT2D eigenvalue weighted by Gasteiger charge is 1.99. The Morgan fingerprint density at radius 3 is 2.38 bits per heavy atom. The Labute approximate surface area is 98.9 Å². The van der Waals surface area contributed by atoms with Crippen molar-refractivity contribution in [2.75, 3.05) is 5.32 Å². The molecule has 0 unspecified atom stereocenters. The molecule has 0 spiro atoms. The highest BCUT2D eigenvalue weighted by molar-refractivity contribution is 6.30. The number of carbonyl (C=O) groups is 1. The zero-order valence-corrected chi connectivity index (χ0v) is 9.24. The van der Waals surface area contributed by atoms with Crippen LogP contribution in [0.5, 0.6) is 0 Å². The third kappa shape index (κ3) is 2.41. The summed E-state index contributed by atoms with van der Waals surface area (Å²) in [5.41, 5.74) is 2.82. The maximum Gasteiger partial charge on any atom is 0.211 e. The van der Waals surface area contributed by atoms with E-state index in [2.05, 4.69) is 5.32 Å². The summed E-state index contributed by atoms with van der Waals surface area (Å²) in [6.07, 6.45) is 0.664. The van der Waals surface area contributed by atoms with Crippen molar-refractivity contribution in [3.05, 3.63) is 53.6 Å². The Hall–Kier alpha value is -1.80. The van der Waals surface area contributed by atoms with Crippen molar-refractivity contribution in [2.24, 2.45) is 0 Å². The standard InChI is InChI=1S/C13H10ClNO/c14-12-5-1-3-10(7-12)11-4-2-6-13(8-11)15-9-16/h1-9H,(H,15,16). The summed E-state index contributed by atoms with van der Waals surface area (Å²) in [4.78, 5) is 10.3. The fourth-order valence-electron chi connectivity index (χ4n) is 1.52. The van der Waals surface area contributed by atoms with Crippen molar-refractivity contribution in [1.29, 1.82) is 0 Å². The molecule has 80 valence electrons. The molecule has 0 radical (unpaired) electrons. The SMILES string of the molecule is O=CNc1cccc(-c2cccc(Cl)c2)c1. The van der Waals surface area contributed by atoms with Gasteiger partial charge in [-0.15, -0.1) is 0 Å². The summed E-state index contributed by atoms with van der Waals surface area (Å²) in [5.74, 6) is 0. The van der Waals surface area contributed by atoms with Gasteiger partial charge in [0.15, 0.2) is 0 Å². The zero-order chi connectivity index (χ0) is 11.4. The van der Waals surface area contributed by atoms with Gasteiger partial charge in [-0.25, -0.2) is 0 Å². The topological polar surface area (TPSA) is 29.1 Å². The fourth-order valence-corrected chi connectivity index (χ4v) is 1.71. The summed E-state index contributed by atoms with van der Waals surface area (Å²) in [5, 5.41) is 3.32. The summed E-state index contributed by atoms with van der Waals surface area (Å²) in [7, 11) is 0. The van der Waals surface area contributed by atoms with E-state index in [0.717, 1.165) is 16.8 Å². The first-order valence-corrected chi connectivity index (χ1v) is 5.23. The molecule has 0 aliphatic heterocycles. The van der Waals surface area contributed by atoms with E-state index in [1.807, 2.05) is 48.5 Å². The first-order chi connectivity index (χ1) is 7.79. The smallest absolute Gasteiger partial charge is 0.211 e. The molecular formula is C13H10ClNO. The van der Waals surface area contributed by atoms with Gasteiger partial charge >= 0.3 is 0 Å². The fraction of sp³-hybridized carbons (Fsp3) is 0. The molecule has 0 heterocycles. The molecular weight excluding hydrogens is 222 g/mol. The van der Waals surface area contributed by atoms with Crippen LogP contribution in [0, 0.1) is 0 Å². The predicted molar refractivity (Wildman–Crippen MR) is 66.6 cm³/mol. The second-order valence-corrected chi connectivity index (χ2v) is 3.79. The summed E-state index contributed by atoms with van der Waals surface area (Å²) in [6.45, 7) is 0. The number of anilines is 1. The molecule has 3 heteroatoms. The highest BCUT2D eigenvalue weighted by Crippen LogP contribution is 2.24. The molecule has 2 aromatic carbocycles. The average Bonchev–Trinajstić information content (AvgIpc) is 2.30. The van der Waals surface area contributed by atoms with Gasteiger partial charge in [0.05, 0.1) is 0 Å². The number of amides is 1. The second kappa shape index (κ2) is 4.81. The molecule has 0 bridgehead atoms. The molecule has 2 nitrogen and oxygen atoms in total.